The largest absolute Gasteiger partial charge is 0.380 e. The van der Waals surface area contributed by atoms with Crippen LogP contribution in [0.5, 0.6) is 5.75 Å². The molecule has 2 N–H and O–H groups in total. The molecule has 3 aliphatic rings. The van der Waals surface area contributed by atoms with Gasteiger partial charge in [0.2, 0.25) is 0 Å². The minimum Gasteiger partial charge on any atom is -0.380 e. The van der Waals surface area contributed by atoms with Gasteiger partial charge in [-0.05, 0) is 84.1 Å². The second-order valence-corrected chi connectivity index (χ2v) is 9.36. The Labute approximate surface area is 155 Å². The van der Waals surface area contributed by atoms with Crippen molar-refractivity contribution in [3.63, 3.8) is 0 Å². The maximum Gasteiger partial charge on any atom is 0.380 e. The van der Waals surface area contributed by atoms with Gasteiger partial charge in [-0.25, -0.2) is 0 Å². The number of fused-ring (bicyclic) bond motifs is 5. The summed E-state index contributed by atoms with van der Waals surface area (Å²) in [6, 6.07) is 5.64. The van der Waals surface area contributed by atoms with Crippen molar-refractivity contribution in [3.05, 3.63) is 41.0 Å². The minimum absolute atomic E-state index is 0.269. The van der Waals surface area contributed by atoms with E-state index in [0.29, 0.717) is 23.5 Å². The topological polar surface area (TPSA) is 78.6 Å². The predicted octanol–water partition coefficient (Wildman–Crippen LogP) is 3.31. The predicted molar refractivity (Wildman–Crippen MR) is 100 cm³/mol. The summed E-state index contributed by atoms with van der Waals surface area (Å²) >= 11 is 0. The van der Waals surface area contributed by atoms with Gasteiger partial charge in [0, 0.05) is 7.11 Å². The van der Waals surface area contributed by atoms with Crippen molar-refractivity contribution in [1.82, 2.24) is 0 Å². The number of methoxy groups -OCH3 is 1. The van der Waals surface area contributed by atoms with Crippen LogP contribution in [0, 0.1) is 17.3 Å². The number of hydrogen-bond acceptors (Lipinski definition) is 4. The Kier molecular flexibility index (Phi) is 4.40. The van der Waals surface area contributed by atoms with Gasteiger partial charge in [-0.15, -0.1) is 0 Å². The second-order valence-electron chi connectivity index (χ2n) is 8.21. The van der Waals surface area contributed by atoms with Crippen molar-refractivity contribution < 1.29 is 17.3 Å². The summed E-state index contributed by atoms with van der Waals surface area (Å²) < 4.78 is 32.7. The van der Waals surface area contributed by atoms with Crippen molar-refractivity contribution in [2.45, 2.75) is 44.9 Å². The van der Waals surface area contributed by atoms with Crippen molar-refractivity contribution in [2.75, 3.05) is 13.7 Å². The molecule has 0 heterocycles. The Balaban J connectivity index is 1.60. The van der Waals surface area contributed by atoms with E-state index in [4.69, 9.17) is 14.1 Å². The lowest BCUT2D eigenvalue weighted by Gasteiger charge is -2.50. The summed E-state index contributed by atoms with van der Waals surface area (Å²) in [4.78, 5) is 0. The number of hydrogen-bond donors (Lipinski definition) is 1. The van der Waals surface area contributed by atoms with Crippen molar-refractivity contribution in [1.29, 1.82) is 0 Å². The van der Waals surface area contributed by atoms with Gasteiger partial charge in [-0.2, -0.15) is 13.6 Å². The average molecular weight is 378 g/mol. The van der Waals surface area contributed by atoms with Crippen LogP contribution in [0.2, 0.25) is 0 Å². The zero-order valence-corrected chi connectivity index (χ0v) is 16.2. The Hall–Kier alpha value is -1.37. The third kappa shape index (κ3) is 2.98. The van der Waals surface area contributed by atoms with Crippen LogP contribution in [0.25, 0.3) is 0 Å². The molecule has 0 aliphatic heterocycles. The van der Waals surface area contributed by atoms with E-state index < -0.39 is 10.3 Å². The summed E-state index contributed by atoms with van der Waals surface area (Å²) in [5.41, 5.74) is 4.32. The van der Waals surface area contributed by atoms with Crippen LogP contribution in [-0.4, -0.2) is 22.1 Å². The highest BCUT2D eigenvalue weighted by atomic mass is 32.2. The molecule has 0 saturated heterocycles. The van der Waals surface area contributed by atoms with Crippen molar-refractivity contribution in [3.8, 4) is 5.75 Å². The highest BCUT2D eigenvalue weighted by molar-refractivity contribution is 7.84. The van der Waals surface area contributed by atoms with Crippen molar-refractivity contribution in [2.24, 2.45) is 22.4 Å². The van der Waals surface area contributed by atoms with E-state index >= 15 is 0 Å². The molecule has 1 fully saturated rings. The standard InChI is InChI=1S/C20H27NO4S/c1-20-10-9-17-16-7-5-15(25-26(21,22)23)11-13(16)3-6-18(17)19(20)8-4-14(20)12-24-2/h4-5,7,11,17-19H,3,6,8-10,12H2,1-2H3,(H2,21,22,23)/t17-,18+,19-,20+/m0/s1. The van der Waals surface area contributed by atoms with E-state index in [2.05, 4.69) is 13.0 Å². The maximum absolute atomic E-state index is 11.2. The fourth-order valence-corrected chi connectivity index (χ4v) is 6.15. The van der Waals surface area contributed by atoms with Crippen LogP contribution in [0.1, 0.15) is 49.7 Å². The molecule has 1 aromatic carbocycles. The Bertz CT molecular complexity index is 847. The van der Waals surface area contributed by atoms with Crippen LogP contribution in [0.3, 0.4) is 0 Å². The molecule has 0 unspecified atom stereocenters. The quantitative estimate of drug-likeness (QED) is 0.817. The highest BCUT2D eigenvalue weighted by Gasteiger charge is 2.51. The normalized spacial score (nSPS) is 33.0. The molecule has 3 aliphatic carbocycles. The molecule has 0 spiro atoms. The van der Waals surface area contributed by atoms with E-state index in [0.717, 1.165) is 25.9 Å². The number of rotatable bonds is 4. The lowest BCUT2D eigenvalue weighted by molar-refractivity contribution is 0.0639. The van der Waals surface area contributed by atoms with Gasteiger partial charge in [0.15, 0.2) is 0 Å². The summed E-state index contributed by atoms with van der Waals surface area (Å²) in [6.07, 6.45) is 8.02. The summed E-state index contributed by atoms with van der Waals surface area (Å²) in [5, 5.41) is 4.99. The van der Waals surface area contributed by atoms with E-state index in [1.54, 1.807) is 13.2 Å². The number of aryl methyl sites for hydroxylation is 1. The van der Waals surface area contributed by atoms with Crippen LogP contribution in [-0.2, 0) is 21.5 Å². The first-order valence-electron chi connectivity index (χ1n) is 9.35. The Morgan fingerprint density at radius 1 is 1.31 bits per heavy atom. The monoisotopic (exact) mass is 377 g/mol. The minimum atomic E-state index is -3.98. The average Bonchev–Trinajstić information content (AvgIpc) is 2.90. The number of ether oxygens (including phenoxy) is 1. The molecule has 6 heteroatoms. The third-order valence-electron chi connectivity index (χ3n) is 6.95. The Morgan fingerprint density at radius 2 is 2.12 bits per heavy atom. The number of nitrogens with two attached hydrogens (primary N) is 1. The van der Waals surface area contributed by atoms with E-state index in [9.17, 15) is 8.42 Å². The molecular formula is C20H27NO4S. The molecule has 4 rings (SSSR count). The molecule has 142 valence electrons. The Morgan fingerprint density at radius 3 is 2.85 bits per heavy atom. The van der Waals surface area contributed by atoms with Crippen LogP contribution in [0.4, 0.5) is 0 Å². The summed E-state index contributed by atoms with van der Waals surface area (Å²) in [6.45, 7) is 3.17. The number of benzene rings is 1. The van der Waals surface area contributed by atoms with Gasteiger partial charge in [0.25, 0.3) is 0 Å². The van der Waals surface area contributed by atoms with Crippen molar-refractivity contribution >= 4 is 10.3 Å². The lowest BCUT2D eigenvalue weighted by Crippen LogP contribution is -2.41. The van der Waals surface area contributed by atoms with Crippen LogP contribution in [0.15, 0.2) is 29.8 Å². The molecule has 1 aromatic rings. The van der Waals surface area contributed by atoms with Gasteiger partial charge >= 0.3 is 10.3 Å². The fourth-order valence-electron chi connectivity index (χ4n) is 5.78. The highest BCUT2D eigenvalue weighted by Crippen LogP contribution is 2.61. The molecule has 0 aromatic heterocycles. The fraction of sp³-hybridized carbons (Fsp3) is 0.600. The first-order valence-corrected chi connectivity index (χ1v) is 10.8. The summed E-state index contributed by atoms with van der Waals surface area (Å²) in [5.74, 6) is 2.22. The number of allylic oxidation sites excluding steroid dienone is 1. The molecule has 0 bridgehead atoms. The molecule has 0 amide bonds. The molecule has 1 saturated carbocycles. The van der Waals surface area contributed by atoms with Gasteiger partial charge < -0.3 is 8.92 Å². The smallest absolute Gasteiger partial charge is 0.380 e. The zero-order chi connectivity index (χ0) is 18.5. The third-order valence-corrected chi connectivity index (χ3v) is 7.38. The zero-order valence-electron chi connectivity index (χ0n) is 15.4. The first-order chi connectivity index (χ1) is 12.3. The molecular weight excluding hydrogens is 350 g/mol. The van der Waals surface area contributed by atoms with E-state index in [1.807, 2.05) is 12.1 Å². The van der Waals surface area contributed by atoms with Gasteiger partial charge in [0.1, 0.15) is 5.75 Å². The van der Waals surface area contributed by atoms with Crippen LogP contribution < -0.4 is 9.32 Å². The van der Waals surface area contributed by atoms with Gasteiger partial charge in [0.05, 0.1) is 6.61 Å². The summed E-state index contributed by atoms with van der Waals surface area (Å²) in [7, 11) is -2.20. The second kappa shape index (κ2) is 6.36. The van der Waals surface area contributed by atoms with Gasteiger partial charge in [-0.1, -0.05) is 19.1 Å². The molecule has 0 radical (unpaired) electrons. The van der Waals surface area contributed by atoms with Crippen LogP contribution >= 0.6 is 0 Å². The first kappa shape index (κ1) is 18.0. The molecule has 4 atom stereocenters. The molecule has 5 nitrogen and oxygen atoms in total. The van der Waals surface area contributed by atoms with Gasteiger partial charge in [-0.3, -0.25) is 0 Å². The van der Waals surface area contributed by atoms with E-state index in [-0.39, 0.29) is 5.41 Å². The molecule has 26 heavy (non-hydrogen) atoms. The maximum atomic E-state index is 11.2. The lowest BCUT2D eigenvalue weighted by atomic mass is 9.54. The SMILES string of the molecule is COCC1=CC[C@H]2[C@@H]3CCc4cc(OS(N)(=O)=O)ccc4[C@@H]3CC[C@]12C. The van der Waals surface area contributed by atoms with E-state index in [1.165, 1.54) is 29.5 Å².